The summed E-state index contributed by atoms with van der Waals surface area (Å²) in [4.78, 5) is 6.73. The van der Waals surface area contributed by atoms with Crippen molar-refractivity contribution in [3.05, 3.63) is 41.7 Å². The Labute approximate surface area is 146 Å². The van der Waals surface area contributed by atoms with Crippen LogP contribution in [0.3, 0.4) is 0 Å². The standard InChI is InChI=1S/C18H20ClN3O2/c1-23-18-5-13(19)2-3-17(18)24-16-6-15(8-20-9-16)22-10-12-4-14(11-22)21-7-12/h2-3,5-6,8-9,12,14,21H,4,7,10-11H2,1H3. The van der Waals surface area contributed by atoms with Crippen LogP contribution < -0.4 is 19.7 Å². The van der Waals surface area contributed by atoms with Crippen molar-refractivity contribution in [1.29, 1.82) is 0 Å². The minimum Gasteiger partial charge on any atom is -0.493 e. The van der Waals surface area contributed by atoms with E-state index < -0.39 is 0 Å². The molecule has 2 atom stereocenters. The molecule has 1 N–H and O–H groups in total. The average Bonchev–Trinajstić information content (AvgIpc) is 2.94. The van der Waals surface area contributed by atoms with Crippen molar-refractivity contribution in [3.63, 3.8) is 0 Å². The molecule has 6 heteroatoms. The molecule has 2 aromatic rings. The summed E-state index contributed by atoms with van der Waals surface area (Å²) in [5, 5.41) is 4.18. The molecule has 0 spiro atoms. The van der Waals surface area contributed by atoms with E-state index in [2.05, 4.69) is 15.2 Å². The van der Waals surface area contributed by atoms with Crippen LogP contribution in [0.2, 0.25) is 5.02 Å². The lowest BCUT2D eigenvalue weighted by Crippen LogP contribution is -2.41. The van der Waals surface area contributed by atoms with E-state index in [0.29, 0.717) is 28.3 Å². The van der Waals surface area contributed by atoms with Crippen LogP contribution in [0.5, 0.6) is 17.2 Å². The first-order valence-corrected chi connectivity index (χ1v) is 8.54. The van der Waals surface area contributed by atoms with Crippen molar-refractivity contribution in [2.75, 3.05) is 31.6 Å². The number of methoxy groups -OCH3 is 1. The maximum atomic E-state index is 6.00. The molecule has 5 nitrogen and oxygen atoms in total. The van der Waals surface area contributed by atoms with Gasteiger partial charge >= 0.3 is 0 Å². The lowest BCUT2D eigenvalue weighted by atomic mass is 10.00. The Morgan fingerprint density at radius 1 is 1.21 bits per heavy atom. The Bertz CT molecular complexity index is 728. The molecule has 126 valence electrons. The lowest BCUT2D eigenvalue weighted by molar-refractivity contribution is 0.378. The van der Waals surface area contributed by atoms with E-state index in [9.17, 15) is 0 Å². The Balaban J connectivity index is 1.55. The number of aromatic nitrogens is 1. The van der Waals surface area contributed by atoms with Crippen LogP contribution in [-0.4, -0.2) is 37.8 Å². The first-order valence-electron chi connectivity index (χ1n) is 8.16. The number of pyridine rings is 1. The number of benzene rings is 1. The molecule has 2 bridgehead atoms. The summed E-state index contributed by atoms with van der Waals surface area (Å²) in [6.45, 7) is 3.21. The number of anilines is 1. The minimum atomic E-state index is 0.588. The maximum absolute atomic E-state index is 6.00. The summed E-state index contributed by atoms with van der Waals surface area (Å²) in [7, 11) is 1.60. The second kappa shape index (κ2) is 6.49. The van der Waals surface area contributed by atoms with Gasteiger partial charge in [-0.3, -0.25) is 4.98 Å². The summed E-state index contributed by atoms with van der Waals surface area (Å²) < 4.78 is 11.3. The molecular weight excluding hydrogens is 326 g/mol. The average molecular weight is 346 g/mol. The van der Waals surface area contributed by atoms with Crippen LogP contribution in [-0.2, 0) is 0 Å². The largest absolute Gasteiger partial charge is 0.493 e. The molecule has 1 aromatic carbocycles. The van der Waals surface area contributed by atoms with Crippen molar-refractivity contribution in [2.45, 2.75) is 12.5 Å². The van der Waals surface area contributed by atoms with Gasteiger partial charge in [-0.05, 0) is 24.5 Å². The number of nitrogens with one attached hydrogen (secondary N) is 1. The van der Waals surface area contributed by atoms with Crippen LogP contribution >= 0.6 is 11.6 Å². The molecule has 0 amide bonds. The van der Waals surface area contributed by atoms with Gasteiger partial charge in [0.15, 0.2) is 11.5 Å². The number of ether oxygens (including phenoxy) is 2. The van der Waals surface area contributed by atoms with E-state index in [1.54, 1.807) is 31.5 Å². The van der Waals surface area contributed by atoms with Crippen LogP contribution in [0, 0.1) is 5.92 Å². The molecule has 0 saturated carbocycles. The van der Waals surface area contributed by atoms with E-state index >= 15 is 0 Å². The molecule has 2 aliphatic rings. The fourth-order valence-corrected chi connectivity index (χ4v) is 3.69. The molecule has 24 heavy (non-hydrogen) atoms. The second-order valence-electron chi connectivity index (χ2n) is 6.39. The summed E-state index contributed by atoms with van der Waals surface area (Å²) in [6, 6.07) is 7.95. The highest BCUT2D eigenvalue weighted by Crippen LogP contribution is 2.35. The number of rotatable bonds is 4. The van der Waals surface area contributed by atoms with Crippen LogP contribution in [0.15, 0.2) is 36.7 Å². The van der Waals surface area contributed by atoms with Crippen molar-refractivity contribution in [2.24, 2.45) is 5.92 Å². The smallest absolute Gasteiger partial charge is 0.169 e. The monoisotopic (exact) mass is 345 g/mol. The van der Waals surface area contributed by atoms with E-state index in [1.165, 1.54) is 6.42 Å². The van der Waals surface area contributed by atoms with Crippen LogP contribution in [0.1, 0.15) is 6.42 Å². The van der Waals surface area contributed by atoms with Gasteiger partial charge < -0.3 is 19.7 Å². The molecule has 2 saturated heterocycles. The number of hydrogen-bond donors (Lipinski definition) is 1. The molecule has 2 unspecified atom stereocenters. The van der Waals surface area contributed by atoms with Gasteiger partial charge in [-0.25, -0.2) is 0 Å². The van der Waals surface area contributed by atoms with Gasteiger partial charge in [0.05, 0.1) is 25.2 Å². The van der Waals surface area contributed by atoms with Crippen LogP contribution in [0.25, 0.3) is 0 Å². The zero-order valence-corrected chi connectivity index (χ0v) is 14.3. The quantitative estimate of drug-likeness (QED) is 0.921. The first kappa shape index (κ1) is 15.5. The molecule has 3 heterocycles. The summed E-state index contributed by atoms with van der Waals surface area (Å²) >= 11 is 6.00. The topological polar surface area (TPSA) is 46.6 Å². The van der Waals surface area contributed by atoms with Gasteiger partial charge in [0.25, 0.3) is 0 Å². The van der Waals surface area contributed by atoms with Gasteiger partial charge in [0, 0.05) is 42.8 Å². The fraction of sp³-hybridized carbons (Fsp3) is 0.389. The first-order chi connectivity index (χ1) is 11.7. The third-order valence-corrected chi connectivity index (χ3v) is 4.88. The summed E-state index contributed by atoms with van der Waals surface area (Å²) in [5.41, 5.74) is 1.10. The number of fused-ring (bicyclic) bond motifs is 2. The van der Waals surface area contributed by atoms with Gasteiger partial charge in [-0.2, -0.15) is 0 Å². The number of nitrogens with zero attached hydrogens (tertiary/aromatic N) is 2. The molecule has 2 aliphatic heterocycles. The predicted octanol–water partition coefficient (Wildman–Crippen LogP) is 3.33. The van der Waals surface area contributed by atoms with Gasteiger partial charge in [-0.15, -0.1) is 0 Å². The van der Waals surface area contributed by atoms with E-state index in [-0.39, 0.29) is 0 Å². The second-order valence-corrected chi connectivity index (χ2v) is 6.82. The minimum absolute atomic E-state index is 0.588. The zero-order valence-electron chi connectivity index (χ0n) is 13.5. The van der Waals surface area contributed by atoms with Gasteiger partial charge in [0.2, 0.25) is 0 Å². The number of halogens is 1. The zero-order chi connectivity index (χ0) is 16.5. The fourth-order valence-electron chi connectivity index (χ4n) is 3.53. The number of piperidine rings is 1. The maximum Gasteiger partial charge on any atom is 0.169 e. The van der Waals surface area contributed by atoms with Crippen molar-refractivity contribution in [3.8, 4) is 17.2 Å². The van der Waals surface area contributed by atoms with Crippen LogP contribution in [0.4, 0.5) is 5.69 Å². The van der Waals surface area contributed by atoms with E-state index in [0.717, 1.165) is 31.2 Å². The van der Waals surface area contributed by atoms with E-state index in [4.69, 9.17) is 21.1 Å². The van der Waals surface area contributed by atoms with Gasteiger partial charge in [-0.1, -0.05) is 11.6 Å². The summed E-state index contributed by atoms with van der Waals surface area (Å²) in [5.74, 6) is 2.65. The Morgan fingerprint density at radius 3 is 2.96 bits per heavy atom. The van der Waals surface area contributed by atoms with Crippen molar-refractivity contribution < 1.29 is 9.47 Å². The SMILES string of the molecule is COc1cc(Cl)ccc1Oc1cncc(N2CC3CNC(C3)C2)c1. The Kier molecular flexibility index (Phi) is 4.21. The summed E-state index contributed by atoms with van der Waals surface area (Å²) in [6.07, 6.45) is 4.90. The lowest BCUT2D eigenvalue weighted by Gasteiger charge is -2.32. The molecule has 2 fully saturated rings. The highest BCUT2D eigenvalue weighted by atomic mass is 35.5. The highest BCUT2D eigenvalue weighted by Gasteiger charge is 2.32. The van der Waals surface area contributed by atoms with Gasteiger partial charge in [0.1, 0.15) is 5.75 Å². The number of hydrogen-bond acceptors (Lipinski definition) is 5. The normalized spacial score (nSPS) is 22.5. The molecule has 0 aliphatic carbocycles. The predicted molar refractivity (Wildman–Crippen MR) is 94.4 cm³/mol. The van der Waals surface area contributed by atoms with Crippen molar-refractivity contribution >= 4 is 17.3 Å². The van der Waals surface area contributed by atoms with E-state index in [1.807, 2.05) is 12.3 Å². The Hall–Kier alpha value is -1.98. The molecule has 1 aromatic heterocycles. The molecular formula is C18H20ClN3O2. The highest BCUT2D eigenvalue weighted by molar-refractivity contribution is 6.30. The third-order valence-electron chi connectivity index (χ3n) is 4.65. The Morgan fingerprint density at radius 2 is 2.12 bits per heavy atom. The molecule has 4 rings (SSSR count). The third kappa shape index (κ3) is 3.14. The van der Waals surface area contributed by atoms with Crippen molar-refractivity contribution in [1.82, 2.24) is 10.3 Å². The molecule has 0 radical (unpaired) electrons.